The topological polar surface area (TPSA) is 26.3 Å². The minimum atomic E-state index is 0.667. The second-order valence-electron chi connectivity index (χ2n) is 1.89. The molecule has 0 saturated heterocycles. The number of methoxy groups -OCH3 is 1. The second kappa shape index (κ2) is 3.01. The number of ether oxygens (including phenoxy) is 1. The molecule has 2 heteroatoms. The molecule has 52 valence electrons. The maximum atomic E-state index is 10.2. The van der Waals surface area contributed by atoms with Crippen molar-refractivity contribution in [1.82, 2.24) is 0 Å². The van der Waals surface area contributed by atoms with E-state index in [0.29, 0.717) is 5.56 Å². The van der Waals surface area contributed by atoms with Crippen LogP contribution in [0.5, 0.6) is 5.75 Å². The van der Waals surface area contributed by atoms with Crippen molar-refractivity contribution in [2.24, 2.45) is 0 Å². The summed E-state index contributed by atoms with van der Waals surface area (Å²) in [5.74, 6) is 0.769. The quantitative estimate of drug-likeness (QED) is 0.585. The van der Waals surface area contributed by atoms with Gasteiger partial charge in [0, 0.05) is 5.56 Å². The van der Waals surface area contributed by atoms with E-state index < -0.39 is 0 Å². The number of hydrogen-bond donors (Lipinski definition) is 0. The average Bonchev–Trinajstić information content (AvgIpc) is 2.05. The molecule has 0 aromatic heterocycles. The van der Waals surface area contributed by atoms with Gasteiger partial charge in [0.2, 0.25) is 0 Å². The summed E-state index contributed by atoms with van der Waals surface area (Å²) in [4.78, 5) is 10.2. The predicted molar refractivity (Wildman–Crippen MR) is 38.4 cm³/mol. The highest BCUT2D eigenvalue weighted by Gasteiger charge is 1.89. The molecule has 2 nitrogen and oxygen atoms in total. The maximum Gasteiger partial charge on any atom is 0.150 e. The van der Waals surface area contributed by atoms with Crippen LogP contribution in [-0.2, 0) is 0 Å². The lowest BCUT2D eigenvalue weighted by Crippen LogP contribution is -1.82. The van der Waals surface area contributed by atoms with Crippen LogP contribution in [0.15, 0.2) is 24.3 Å². The average molecular weight is 142 g/mol. The molecule has 1 aromatic carbocycles. The van der Waals surface area contributed by atoms with E-state index in [0.717, 1.165) is 12.0 Å². The molecule has 0 N–H and O–H groups in total. The van der Waals surface area contributed by atoms with Crippen LogP contribution < -0.4 is 4.74 Å². The van der Waals surface area contributed by atoms with Crippen LogP contribution in [0.1, 0.15) is 10.4 Å². The Morgan fingerprint density at radius 3 is 2.30 bits per heavy atom. The van der Waals surface area contributed by atoms with Crippen LogP contribution >= 0.6 is 0 Å². The van der Waals surface area contributed by atoms with Crippen LogP contribution in [0.25, 0.3) is 0 Å². The zero-order chi connectivity index (χ0) is 7.40. The van der Waals surface area contributed by atoms with Gasteiger partial charge in [-0.15, -0.1) is 0 Å². The minimum absolute atomic E-state index is 0.667. The lowest BCUT2D eigenvalue weighted by Gasteiger charge is -1.96. The van der Waals surface area contributed by atoms with Gasteiger partial charge in [-0.3, -0.25) is 4.79 Å². The first-order valence-electron chi connectivity index (χ1n) is 2.96. The second-order valence-corrected chi connectivity index (χ2v) is 1.89. The van der Waals surface area contributed by atoms with E-state index >= 15 is 0 Å². The van der Waals surface area contributed by atoms with Gasteiger partial charge in [0.05, 0.1) is 7.11 Å². The van der Waals surface area contributed by atoms with Crippen molar-refractivity contribution in [1.29, 1.82) is 0 Å². The van der Waals surface area contributed by atoms with Crippen molar-refractivity contribution in [3.8, 4) is 5.75 Å². The molecule has 0 bridgehead atoms. The highest BCUT2D eigenvalue weighted by molar-refractivity contribution is 5.74. The molecule has 10 heavy (non-hydrogen) atoms. The largest absolute Gasteiger partial charge is 0.497 e. The summed E-state index contributed by atoms with van der Waals surface area (Å²) in [6, 6.07) is 6.94. The summed E-state index contributed by atoms with van der Waals surface area (Å²) < 4.78 is 4.90. The van der Waals surface area contributed by atoms with Gasteiger partial charge in [-0.2, -0.15) is 0 Å². The molecule has 0 aliphatic rings. The zero-order valence-electron chi connectivity index (χ0n) is 5.70. The van der Waals surface area contributed by atoms with Crippen molar-refractivity contribution >= 4 is 6.29 Å². The molecule has 0 heterocycles. The van der Waals surface area contributed by atoms with E-state index in [-0.39, 0.29) is 0 Å². The lowest BCUT2D eigenvalue weighted by atomic mass is 11.0. The van der Waals surface area contributed by atoms with E-state index in [4.69, 9.17) is 4.74 Å². The molecule has 0 fully saturated rings. The SMILES string of the molecule is CO[13c]1[13cH][13cH][13c](C=O)[13cH][13cH]1. The van der Waals surface area contributed by atoms with Crippen LogP contribution in [0, 0.1) is 0 Å². The van der Waals surface area contributed by atoms with Crippen LogP contribution in [0.2, 0.25) is 0 Å². The summed E-state index contributed by atoms with van der Waals surface area (Å²) in [6.07, 6.45) is 0.805. The standard InChI is InChI=1S/C8H8O2/c1-10-8-4-2-7(6-9)3-5-8/h2-6H,1H3/i2+1,3+1,4+1,5+1,7+1,8+1. The first-order valence-corrected chi connectivity index (χ1v) is 2.96. The summed E-state index contributed by atoms with van der Waals surface area (Å²) in [5, 5.41) is 0. The van der Waals surface area contributed by atoms with Gasteiger partial charge >= 0.3 is 0 Å². The first kappa shape index (κ1) is 6.81. The van der Waals surface area contributed by atoms with E-state index in [9.17, 15) is 4.79 Å². The van der Waals surface area contributed by atoms with Gasteiger partial charge < -0.3 is 4.74 Å². The summed E-state index contributed by atoms with van der Waals surface area (Å²) in [5.41, 5.74) is 0.667. The monoisotopic (exact) mass is 142 g/mol. The van der Waals surface area contributed by atoms with Crippen LogP contribution in [-0.4, -0.2) is 13.4 Å². The van der Waals surface area contributed by atoms with Crippen molar-refractivity contribution in [3.63, 3.8) is 0 Å². The minimum Gasteiger partial charge on any atom is -0.497 e. The van der Waals surface area contributed by atoms with E-state index in [1.165, 1.54) is 0 Å². The molecule has 0 aliphatic carbocycles. The third-order valence-corrected chi connectivity index (χ3v) is 1.25. The normalized spacial score (nSPS) is 8.90. The Labute approximate surface area is 59.4 Å². The number of aldehydes is 1. The summed E-state index contributed by atoms with van der Waals surface area (Å²) in [6.45, 7) is 0. The molecule has 1 rings (SSSR count). The number of hydrogen-bond acceptors (Lipinski definition) is 2. The fourth-order valence-electron chi connectivity index (χ4n) is 0.682. The van der Waals surface area contributed by atoms with Crippen molar-refractivity contribution in [2.75, 3.05) is 7.11 Å². The molecule has 0 spiro atoms. The van der Waals surface area contributed by atoms with Crippen LogP contribution in [0.4, 0.5) is 0 Å². The van der Waals surface area contributed by atoms with E-state index in [1.807, 2.05) is 0 Å². The summed E-state index contributed by atoms with van der Waals surface area (Å²) in [7, 11) is 1.59. The number of carbonyl (C=O) groups is 1. The molecule has 0 unspecified atom stereocenters. The predicted octanol–water partition coefficient (Wildman–Crippen LogP) is 1.51. The fourth-order valence-corrected chi connectivity index (χ4v) is 0.682. The zero-order valence-corrected chi connectivity index (χ0v) is 5.70. The van der Waals surface area contributed by atoms with Gasteiger partial charge in [-0.25, -0.2) is 0 Å². The highest BCUT2D eigenvalue weighted by atomic mass is 16.5. The highest BCUT2D eigenvalue weighted by Crippen LogP contribution is 2.09. The fraction of sp³-hybridized carbons (Fsp3) is 0.125. The molecule has 0 saturated carbocycles. The molecule has 0 aliphatic heterocycles. The molecule has 0 atom stereocenters. The Hall–Kier alpha value is -1.31. The third-order valence-electron chi connectivity index (χ3n) is 1.25. The first-order chi connectivity index (χ1) is 4.86. The van der Waals surface area contributed by atoms with Gasteiger partial charge in [-0.05, 0) is 24.3 Å². The number of benzene rings is 1. The molecule has 1 aromatic rings. The van der Waals surface area contributed by atoms with Crippen molar-refractivity contribution in [2.45, 2.75) is 0 Å². The van der Waals surface area contributed by atoms with Crippen molar-refractivity contribution in [3.05, 3.63) is 29.8 Å². The maximum absolute atomic E-state index is 10.2. The molecule has 0 amide bonds. The van der Waals surface area contributed by atoms with Gasteiger partial charge in [-0.1, -0.05) is 0 Å². The number of rotatable bonds is 2. The Bertz CT molecular complexity index is 213. The van der Waals surface area contributed by atoms with E-state index in [2.05, 4.69) is 0 Å². The Morgan fingerprint density at radius 1 is 1.30 bits per heavy atom. The van der Waals surface area contributed by atoms with Gasteiger partial charge in [0.25, 0.3) is 0 Å². The Balaban J connectivity index is 2.90. The molecule has 0 radical (unpaired) electrons. The molecular formula is C8H8O2. The van der Waals surface area contributed by atoms with E-state index in [1.54, 1.807) is 31.4 Å². The van der Waals surface area contributed by atoms with Gasteiger partial charge in [0.15, 0.2) is 0 Å². The van der Waals surface area contributed by atoms with Gasteiger partial charge in [0.1, 0.15) is 12.0 Å². The third kappa shape index (κ3) is 1.35. The Kier molecular flexibility index (Phi) is 2.05. The Morgan fingerprint density at radius 2 is 1.90 bits per heavy atom. The summed E-state index contributed by atoms with van der Waals surface area (Å²) >= 11 is 0. The van der Waals surface area contributed by atoms with Crippen LogP contribution in [0.3, 0.4) is 0 Å². The number of carbonyl (C=O) groups excluding carboxylic acids is 1. The molecular weight excluding hydrogens is 134 g/mol. The smallest absolute Gasteiger partial charge is 0.150 e. The van der Waals surface area contributed by atoms with Crippen molar-refractivity contribution < 1.29 is 9.53 Å². The lowest BCUT2D eigenvalue weighted by molar-refractivity contribution is 0.112.